The Labute approximate surface area is 349 Å². The number of nitriles is 1. The molecule has 4 heterocycles. The van der Waals surface area contributed by atoms with Crippen LogP contribution in [0.4, 0.5) is 24.7 Å². The van der Waals surface area contributed by atoms with Gasteiger partial charge >= 0.3 is 6.18 Å². The standard InChI is InChI=1S/C41H51F3N8O4S.ClH/c1-25-22-49(23-26(2)50(25)24-36(54)47-34-19-28(16-17-46-34)32-14-15-35(53)48-37(32)55)18-6-5-7-27-8-11-30(12-9-27)52-39(57)51(38(56)40(52,3)4)31-13-10-29(21-45)33(20-31)41(42,43)44;/h10,13,16-17,19-20,25-27,30,32H,5-9,11-12,14-15,18,22-24H2,1-4H3,(H,46,47,54)(H,48,53,55);1H/t25-,26+,27?,30?,32?;. The van der Waals surface area contributed by atoms with Gasteiger partial charge in [-0.2, -0.15) is 18.4 Å². The number of piperidine rings is 1. The van der Waals surface area contributed by atoms with E-state index in [9.17, 15) is 37.6 Å². The van der Waals surface area contributed by atoms with Crippen LogP contribution in [0, 0.1) is 17.2 Å². The first-order valence-electron chi connectivity index (χ1n) is 19.8. The molecule has 2 N–H and O–H groups in total. The average molecular weight is 845 g/mol. The number of alkyl halides is 3. The van der Waals surface area contributed by atoms with Crippen molar-refractivity contribution in [2.24, 2.45) is 5.92 Å². The van der Waals surface area contributed by atoms with E-state index >= 15 is 0 Å². The highest BCUT2D eigenvalue weighted by Crippen LogP contribution is 2.41. The molecule has 1 aromatic carbocycles. The summed E-state index contributed by atoms with van der Waals surface area (Å²) in [5, 5.41) is 14.7. The minimum atomic E-state index is -4.75. The molecule has 2 aromatic rings. The molecular weight excluding hydrogens is 793 g/mol. The molecule has 0 radical (unpaired) electrons. The monoisotopic (exact) mass is 844 g/mol. The van der Waals surface area contributed by atoms with Crippen LogP contribution in [-0.4, -0.2) is 98.3 Å². The van der Waals surface area contributed by atoms with E-state index in [-0.39, 0.29) is 77.9 Å². The fraction of sp³-hybridized carbons (Fsp3) is 0.585. The Balaban J connectivity index is 0.00000641. The summed E-state index contributed by atoms with van der Waals surface area (Å²) in [5.41, 5.74) is -1.89. The summed E-state index contributed by atoms with van der Waals surface area (Å²) in [6.07, 6.45) is 4.40. The molecule has 12 nitrogen and oxygen atoms in total. The molecule has 4 fully saturated rings. The maximum Gasteiger partial charge on any atom is 0.417 e. The normalized spacial score (nSPS) is 25.6. The minimum Gasteiger partial charge on any atom is -0.331 e. The van der Waals surface area contributed by atoms with Crippen molar-refractivity contribution in [1.82, 2.24) is 25.0 Å². The summed E-state index contributed by atoms with van der Waals surface area (Å²) in [6.45, 7) is 10.7. The Bertz CT molecular complexity index is 1920. The van der Waals surface area contributed by atoms with E-state index in [1.54, 1.807) is 38.2 Å². The third-order valence-corrected chi connectivity index (χ3v) is 12.5. The molecule has 3 atom stereocenters. The van der Waals surface area contributed by atoms with Crippen molar-refractivity contribution in [1.29, 1.82) is 5.26 Å². The van der Waals surface area contributed by atoms with E-state index in [0.717, 1.165) is 76.7 Å². The van der Waals surface area contributed by atoms with E-state index in [1.165, 1.54) is 11.0 Å². The topological polar surface area (TPSA) is 142 Å². The number of rotatable bonds is 11. The highest BCUT2D eigenvalue weighted by atomic mass is 35.5. The van der Waals surface area contributed by atoms with Crippen LogP contribution in [0.25, 0.3) is 0 Å². The zero-order chi connectivity index (χ0) is 41.2. The van der Waals surface area contributed by atoms with Crippen molar-refractivity contribution < 1.29 is 32.3 Å². The fourth-order valence-corrected chi connectivity index (χ4v) is 9.73. The van der Waals surface area contributed by atoms with Gasteiger partial charge in [-0.3, -0.25) is 34.3 Å². The first-order valence-corrected chi connectivity index (χ1v) is 20.3. The maximum absolute atomic E-state index is 13.7. The quantitative estimate of drug-likeness (QED) is 0.149. The van der Waals surface area contributed by atoms with E-state index in [2.05, 4.69) is 39.3 Å². The van der Waals surface area contributed by atoms with Crippen molar-refractivity contribution in [2.45, 2.75) is 121 Å². The van der Waals surface area contributed by atoms with Crippen LogP contribution in [0.1, 0.15) is 108 Å². The van der Waals surface area contributed by atoms with Gasteiger partial charge in [0.2, 0.25) is 17.7 Å². The molecule has 1 saturated carbocycles. The number of piperazine rings is 1. The SMILES string of the molecule is C[C@@H]1CN(CCCCC2CCC(N3C(=S)N(c4ccc(C#N)c(C(F)(F)F)c4)C(=O)C3(C)C)CC2)C[C@H](C)N1CC(=O)Nc1cc(C2CCC(=O)NC2=O)ccn1.Cl. The number of aromatic nitrogens is 1. The number of nitrogens with one attached hydrogen (secondary N) is 2. The number of hydrogen-bond acceptors (Lipinski definition) is 9. The van der Waals surface area contributed by atoms with E-state index in [1.807, 2.05) is 4.90 Å². The number of amides is 4. The van der Waals surface area contributed by atoms with E-state index < -0.39 is 28.8 Å². The number of anilines is 2. The van der Waals surface area contributed by atoms with Gasteiger partial charge in [0.15, 0.2) is 5.11 Å². The van der Waals surface area contributed by atoms with Gasteiger partial charge in [0.1, 0.15) is 11.4 Å². The van der Waals surface area contributed by atoms with Crippen molar-refractivity contribution in [2.75, 3.05) is 36.4 Å². The number of carbonyl (C=O) groups excluding carboxylic acids is 4. The summed E-state index contributed by atoms with van der Waals surface area (Å²) in [5.74, 6) is -0.687. The molecule has 6 rings (SSSR count). The molecule has 1 aliphatic carbocycles. The third kappa shape index (κ3) is 9.81. The van der Waals surface area contributed by atoms with Gasteiger partial charge in [-0.15, -0.1) is 12.4 Å². The van der Waals surface area contributed by atoms with Crippen LogP contribution in [0.5, 0.6) is 0 Å². The molecule has 58 heavy (non-hydrogen) atoms. The number of halogens is 4. The molecular formula is C41H52ClF3N8O4S. The summed E-state index contributed by atoms with van der Waals surface area (Å²) in [7, 11) is 0. The lowest BCUT2D eigenvalue weighted by atomic mass is 9.81. The van der Waals surface area contributed by atoms with Crippen LogP contribution >= 0.6 is 24.6 Å². The lowest BCUT2D eigenvalue weighted by molar-refractivity contribution is -0.138. The lowest BCUT2D eigenvalue weighted by Gasteiger charge is -2.44. The maximum atomic E-state index is 13.7. The molecule has 4 aliphatic rings. The molecule has 1 aromatic heterocycles. The molecule has 0 spiro atoms. The Kier molecular flexibility index (Phi) is 14.2. The van der Waals surface area contributed by atoms with Crippen LogP contribution in [0.3, 0.4) is 0 Å². The van der Waals surface area contributed by atoms with Crippen molar-refractivity contribution >= 4 is 64.9 Å². The van der Waals surface area contributed by atoms with Crippen LogP contribution < -0.4 is 15.5 Å². The van der Waals surface area contributed by atoms with Crippen molar-refractivity contribution in [3.05, 3.63) is 53.2 Å². The van der Waals surface area contributed by atoms with Gasteiger partial charge in [-0.25, -0.2) is 4.98 Å². The van der Waals surface area contributed by atoms with Crippen LogP contribution in [0.15, 0.2) is 36.5 Å². The van der Waals surface area contributed by atoms with Gasteiger partial charge in [-0.1, -0.05) is 12.8 Å². The second kappa shape index (κ2) is 18.4. The zero-order valence-corrected chi connectivity index (χ0v) is 34.9. The Hall–Kier alpha value is -4.17. The molecule has 1 unspecified atom stereocenters. The first-order chi connectivity index (χ1) is 27.0. The number of hydrogen-bond donors (Lipinski definition) is 2. The molecule has 0 bridgehead atoms. The second-order valence-electron chi connectivity index (χ2n) is 16.5. The number of unbranched alkanes of at least 4 members (excludes halogenated alkanes) is 1. The second-order valence-corrected chi connectivity index (χ2v) is 16.9. The Morgan fingerprint density at radius 3 is 2.36 bits per heavy atom. The van der Waals surface area contributed by atoms with Crippen molar-refractivity contribution in [3.8, 4) is 6.07 Å². The third-order valence-electron chi connectivity index (χ3n) is 12.1. The number of pyridine rings is 1. The van der Waals surface area contributed by atoms with Crippen LogP contribution in [0.2, 0.25) is 0 Å². The molecule has 314 valence electrons. The highest BCUT2D eigenvalue weighted by Gasteiger charge is 2.52. The fourth-order valence-electron chi connectivity index (χ4n) is 9.17. The molecule has 3 aliphatic heterocycles. The smallest absolute Gasteiger partial charge is 0.331 e. The van der Waals surface area contributed by atoms with Gasteiger partial charge in [-0.05, 0) is 127 Å². The van der Waals surface area contributed by atoms with Gasteiger partial charge < -0.3 is 15.1 Å². The Morgan fingerprint density at radius 1 is 1.03 bits per heavy atom. The zero-order valence-electron chi connectivity index (χ0n) is 33.3. The van der Waals surface area contributed by atoms with E-state index in [4.69, 9.17) is 12.2 Å². The summed E-state index contributed by atoms with van der Waals surface area (Å²) >= 11 is 5.76. The number of nitrogens with zero attached hydrogens (tertiary/aromatic N) is 6. The number of thiocarbonyl (C=S) groups is 1. The Morgan fingerprint density at radius 2 is 1.72 bits per heavy atom. The number of benzene rings is 1. The molecule has 17 heteroatoms. The summed E-state index contributed by atoms with van der Waals surface area (Å²) < 4.78 is 41.2. The number of imide groups is 1. The molecule has 4 amide bonds. The van der Waals surface area contributed by atoms with Gasteiger partial charge in [0.05, 0.1) is 35.3 Å². The lowest BCUT2D eigenvalue weighted by Crippen LogP contribution is -2.58. The predicted molar refractivity (Wildman–Crippen MR) is 219 cm³/mol. The minimum absolute atomic E-state index is 0. The molecule has 3 saturated heterocycles. The largest absolute Gasteiger partial charge is 0.417 e. The first kappa shape index (κ1) is 44.9. The van der Waals surface area contributed by atoms with E-state index in [0.29, 0.717) is 23.7 Å². The van der Waals surface area contributed by atoms with Gasteiger partial charge in [0, 0.05) is 43.8 Å². The predicted octanol–water partition coefficient (Wildman–Crippen LogP) is 6.39. The number of carbonyl (C=O) groups is 4. The average Bonchev–Trinajstić information content (AvgIpc) is 3.33. The van der Waals surface area contributed by atoms with Crippen LogP contribution in [-0.2, 0) is 25.4 Å². The highest BCUT2D eigenvalue weighted by molar-refractivity contribution is 7.80. The van der Waals surface area contributed by atoms with Crippen molar-refractivity contribution in [3.63, 3.8) is 0 Å². The summed E-state index contributed by atoms with van der Waals surface area (Å²) in [6, 6.07) is 8.65. The summed E-state index contributed by atoms with van der Waals surface area (Å²) in [4.78, 5) is 62.7. The van der Waals surface area contributed by atoms with Gasteiger partial charge in [0.25, 0.3) is 5.91 Å².